The first kappa shape index (κ1) is 31.8. The number of benzene rings is 1. The molecule has 1 aromatic carbocycles. The van der Waals surface area contributed by atoms with E-state index in [1.807, 2.05) is 24.4 Å². The van der Waals surface area contributed by atoms with Gasteiger partial charge in [0.25, 0.3) is 0 Å². The Hall–Kier alpha value is -3.21. The Bertz CT molecular complexity index is 1730. The fraction of sp³-hybridized carbons (Fsp3) is 0.533. The van der Waals surface area contributed by atoms with Gasteiger partial charge in [-0.2, -0.15) is 9.40 Å². The standard InChI is InChI=1S/C30H41N9O4S2/c1-45(42,43)39-17-13-37(14-18-39)21-22-19-26-28(44-22)30(33-29(32-26)23-7-6-8-25-24(23)20-31-34-25)38-15-11-36(12-16-38)10-5-3-2-4-9-27(40)35-41/h6-8,19-20,41H,2-5,9-18,21H2,1H3,(H,31,34)(H,35,40). The van der Waals surface area contributed by atoms with Crippen molar-refractivity contribution in [2.75, 3.05) is 70.1 Å². The van der Waals surface area contributed by atoms with E-state index >= 15 is 0 Å². The molecule has 2 fully saturated rings. The molecule has 2 aliphatic rings. The maximum absolute atomic E-state index is 12.0. The number of carbonyl (C=O) groups is 1. The van der Waals surface area contributed by atoms with Crippen LogP contribution in [0.3, 0.4) is 0 Å². The minimum absolute atomic E-state index is 0.320. The third-order valence-electron chi connectivity index (χ3n) is 8.73. The molecule has 45 heavy (non-hydrogen) atoms. The van der Waals surface area contributed by atoms with Gasteiger partial charge in [0.05, 0.1) is 28.2 Å². The average molecular weight is 656 g/mol. The van der Waals surface area contributed by atoms with Crippen molar-refractivity contribution in [3.05, 3.63) is 35.3 Å². The lowest BCUT2D eigenvalue weighted by molar-refractivity contribution is -0.129. The summed E-state index contributed by atoms with van der Waals surface area (Å²) in [7, 11) is -3.17. The number of piperazine rings is 2. The lowest BCUT2D eigenvalue weighted by atomic mass is 10.1. The molecule has 13 nitrogen and oxygen atoms in total. The van der Waals surface area contributed by atoms with Crippen molar-refractivity contribution in [2.24, 2.45) is 0 Å². The van der Waals surface area contributed by atoms with Crippen LogP contribution in [0.4, 0.5) is 5.82 Å². The predicted octanol–water partition coefficient (Wildman–Crippen LogP) is 2.89. The van der Waals surface area contributed by atoms with E-state index in [-0.39, 0.29) is 5.91 Å². The van der Waals surface area contributed by atoms with Gasteiger partial charge in [0.2, 0.25) is 15.9 Å². The molecule has 2 saturated heterocycles. The molecule has 0 saturated carbocycles. The summed E-state index contributed by atoms with van der Waals surface area (Å²) in [4.78, 5) is 29.8. The minimum Gasteiger partial charge on any atom is -0.353 e. The van der Waals surface area contributed by atoms with Gasteiger partial charge < -0.3 is 4.90 Å². The summed E-state index contributed by atoms with van der Waals surface area (Å²) in [6.45, 7) is 7.87. The Balaban J connectivity index is 1.17. The van der Waals surface area contributed by atoms with Gasteiger partial charge in [0, 0.05) is 81.2 Å². The number of H-pyrrole nitrogens is 1. The molecule has 0 aliphatic carbocycles. The molecule has 3 aromatic heterocycles. The van der Waals surface area contributed by atoms with Crippen molar-refractivity contribution in [2.45, 2.75) is 38.6 Å². The van der Waals surface area contributed by atoms with Crippen LogP contribution < -0.4 is 10.4 Å². The number of fused-ring (bicyclic) bond motifs is 2. The van der Waals surface area contributed by atoms with E-state index in [9.17, 15) is 13.2 Å². The van der Waals surface area contributed by atoms with Crippen LogP contribution >= 0.6 is 11.3 Å². The zero-order chi connectivity index (χ0) is 31.4. The summed E-state index contributed by atoms with van der Waals surface area (Å²) in [5.41, 5.74) is 4.52. The van der Waals surface area contributed by atoms with Crippen LogP contribution in [0.15, 0.2) is 30.5 Å². The second kappa shape index (κ2) is 14.1. The highest BCUT2D eigenvalue weighted by molar-refractivity contribution is 7.88. The van der Waals surface area contributed by atoms with E-state index in [4.69, 9.17) is 15.2 Å². The van der Waals surface area contributed by atoms with Gasteiger partial charge in [-0.05, 0) is 31.5 Å². The predicted molar refractivity (Wildman–Crippen MR) is 176 cm³/mol. The number of aromatic amines is 1. The van der Waals surface area contributed by atoms with Crippen molar-refractivity contribution < 1.29 is 18.4 Å². The average Bonchev–Trinajstić information content (AvgIpc) is 3.69. The lowest BCUT2D eigenvalue weighted by Gasteiger charge is -2.35. The lowest BCUT2D eigenvalue weighted by Crippen LogP contribution is -2.47. The number of hydrogen-bond acceptors (Lipinski definition) is 11. The molecular weight excluding hydrogens is 615 g/mol. The van der Waals surface area contributed by atoms with Crippen molar-refractivity contribution in [1.29, 1.82) is 0 Å². The molecule has 0 bridgehead atoms. The highest BCUT2D eigenvalue weighted by Crippen LogP contribution is 2.36. The highest BCUT2D eigenvalue weighted by atomic mass is 32.2. The fourth-order valence-electron chi connectivity index (χ4n) is 6.19. The Morgan fingerprint density at radius 1 is 1.00 bits per heavy atom. The first-order valence-corrected chi connectivity index (χ1v) is 18.3. The maximum atomic E-state index is 12.0. The second-order valence-electron chi connectivity index (χ2n) is 11.9. The number of sulfonamides is 1. The molecule has 6 rings (SSSR count). The number of hydrogen-bond donors (Lipinski definition) is 3. The molecule has 4 aromatic rings. The summed E-state index contributed by atoms with van der Waals surface area (Å²) < 4.78 is 26.6. The molecule has 2 aliphatic heterocycles. The smallest absolute Gasteiger partial charge is 0.243 e. The van der Waals surface area contributed by atoms with Gasteiger partial charge in [-0.1, -0.05) is 25.0 Å². The van der Waals surface area contributed by atoms with Gasteiger partial charge in [0.1, 0.15) is 0 Å². The number of anilines is 1. The maximum Gasteiger partial charge on any atom is 0.243 e. The number of rotatable bonds is 12. The van der Waals surface area contributed by atoms with Crippen molar-refractivity contribution >= 4 is 54.2 Å². The third kappa shape index (κ3) is 7.61. The summed E-state index contributed by atoms with van der Waals surface area (Å²) in [6, 6.07) is 8.22. The third-order valence-corrected chi connectivity index (χ3v) is 11.1. The Morgan fingerprint density at radius 2 is 1.76 bits per heavy atom. The molecule has 0 radical (unpaired) electrons. The summed E-state index contributed by atoms with van der Waals surface area (Å²) >= 11 is 1.74. The van der Waals surface area contributed by atoms with Crippen molar-refractivity contribution in [3.63, 3.8) is 0 Å². The quantitative estimate of drug-likeness (QED) is 0.118. The van der Waals surface area contributed by atoms with Crippen LogP contribution in [0, 0.1) is 0 Å². The van der Waals surface area contributed by atoms with Crippen molar-refractivity contribution in [3.8, 4) is 11.4 Å². The molecule has 3 N–H and O–H groups in total. The van der Waals surface area contributed by atoms with Crippen LogP contribution in [0.2, 0.25) is 0 Å². The van der Waals surface area contributed by atoms with Gasteiger partial charge >= 0.3 is 0 Å². The molecule has 0 spiro atoms. The van der Waals surface area contributed by atoms with E-state index in [0.717, 1.165) is 97.5 Å². The first-order chi connectivity index (χ1) is 21.8. The van der Waals surface area contributed by atoms with Crippen molar-refractivity contribution in [1.82, 2.24) is 39.8 Å². The normalized spacial score (nSPS) is 17.4. The van der Waals surface area contributed by atoms with E-state index in [0.29, 0.717) is 38.4 Å². The number of nitrogens with zero attached hydrogens (tertiary/aromatic N) is 7. The SMILES string of the molecule is CS(=O)(=O)N1CCN(Cc2cc3nc(-c4cccc5[nH]ncc45)nc(N4CCN(CCCCCCC(=O)NO)CC4)c3s2)CC1. The highest BCUT2D eigenvalue weighted by Gasteiger charge is 2.26. The van der Waals surface area contributed by atoms with Gasteiger partial charge in [-0.15, -0.1) is 11.3 Å². The largest absolute Gasteiger partial charge is 0.353 e. The Kier molecular flexibility index (Phi) is 9.92. The van der Waals surface area contributed by atoms with Crippen LogP contribution in [0.25, 0.3) is 32.5 Å². The molecular formula is C30H41N9O4S2. The first-order valence-electron chi connectivity index (χ1n) is 15.6. The number of thiophene rings is 1. The van der Waals surface area contributed by atoms with E-state index in [1.54, 1.807) is 21.1 Å². The Labute approximate surface area is 267 Å². The molecule has 0 atom stereocenters. The zero-order valence-electron chi connectivity index (χ0n) is 25.6. The number of hydroxylamine groups is 1. The van der Waals surface area contributed by atoms with E-state index < -0.39 is 10.0 Å². The van der Waals surface area contributed by atoms with E-state index in [1.165, 1.54) is 11.1 Å². The van der Waals surface area contributed by atoms with Crippen LogP contribution in [0.1, 0.15) is 37.0 Å². The summed E-state index contributed by atoms with van der Waals surface area (Å²) in [6.07, 6.45) is 7.39. The number of nitrogens with one attached hydrogen (secondary N) is 2. The molecule has 1 amide bonds. The van der Waals surface area contributed by atoms with Crippen LogP contribution in [0.5, 0.6) is 0 Å². The molecule has 242 valence electrons. The number of aromatic nitrogens is 4. The van der Waals surface area contributed by atoms with E-state index in [2.05, 4.69) is 31.0 Å². The molecule has 15 heteroatoms. The van der Waals surface area contributed by atoms with Gasteiger partial charge in [0.15, 0.2) is 11.6 Å². The Morgan fingerprint density at radius 3 is 2.51 bits per heavy atom. The fourth-order valence-corrected chi connectivity index (χ4v) is 8.18. The number of carbonyl (C=O) groups excluding carboxylic acids is 1. The van der Waals surface area contributed by atoms with Gasteiger partial charge in [-0.3, -0.25) is 24.9 Å². The van der Waals surface area contributed by atoms with Gasteiger partial charge in [-0.25, -0.2) is 23.9 Å². The zero-order valence-corrected chi connectivity index (χ0v) is 27.2. The van der Waals surface area contributed by atoms with Crippen LogP contribution in [-0.2, 0) is 21.4 Å². The minimum atomic E-state index is -3.17. The van der Waals surface area contributed by atoms with Crippen LogP contribution in [-0.4, -0.2) is 119 Å². The topological polar surface area (TPSA) is 151 Å². The summed E-state index contributed by atoms with van der Waals surface area (Å²) in [5.74, 6) is 1.34. The second-order valence-corrected chi connectivity index (χ2v) is 15.0. The summed E-state index contributed by atoms with van der Waals surface area (Å²) in [5, 5.41) is 16.9. The number of amides is 1. The molecule has 0 unspecified atom stereocenters. The number of unbranched alkanes of at least 4 members (excludes halogenated alkanes) is 3. The monoisotopic (exact) mass is 655 g/mol. The molecule has 5 heterocycles.